The van der Waals surface area contributed by atoms with E-state index in [0.29, 0.717) is 0 Å². The minimum absolute atomic E-state index is 0.0352. The molecular formula is C9H16N2O. The zero-order valence-corrected chi connectivity index (χ0v) is 7.81. The van der Waals surface area contributed by atoms with E-state index in [4.69, 9.17) is 10.8 Å². The molecule has 4 N–H and O–H groups in total. The largest absolute Gasteiger partial charge is 0.394 e. The second-order valence-electron chi connectivity index (χ2n) is 3.55. The van der Waals surface area contributed by atoms with E-state index >= 15 is 0 Å². The van der Waals surface area contributed by atoms with Crippen molar-refractivity contribution in [2.45, 2.75) is 26.3 Å². The average molecular weight is 168 g/mol. The summed E-state index contributed by atoms with van der Waals surface area (Å²) in [4.78, 5) is 3.09. The molecule has 0 saturated heterocycles. The van der Waals surface area contributed by atoms with E-state index < -0.39 is 5.54 Å². The van der Waals surface area contributed by atoms with Crippen LogP contribution in [0.25, 0.3) is 0 Å². The lowest BCUT2D eigenvalue weighted by atomic mass is 9.91. The maximum absolute atomic E-state index is 9.08. The van der Waals surface area contributed by atoms with Crippen molar-refractivity contribution in [3.8, 4) is 0 Å². The highest BCUT2D eigenvalue weighted by atomic mass is 16.3. The lowest BCUT2D eigenvalue weighted by Gasteiger charge is -2.23. The molecule has 1 unspecified atom stereocenters. The number of hydrogen-bond donors (Lipinski definition) is 3. The summed E-state index contributed by atoms with van der Waals surface area (Å²) >= 11 is 0. The first kappa shape index (κ1) is 9.29. The molecule has 1 heterocycles. The number of aliphatic hydroxyl groups is 1. The second-order valence-corrected chi connectivity index (χ2v) is 3.55. The van der Waals surface area contributed by atoms with Crippen LogP contribution in [-0.4, -0.2) is 16.7 Å². The Hall–Kier alpha value is -0.800. The Morgan fingerprint density at radius 1 is 1.58 bits per heavy atom. The van der Waals surface area contributed by atoms with Crippen LogP contribution in [0.1, 0.15) is 23.7 Å². The van der Waals surface area contributed by atoms with Crippen LogP contribution in [0, 0.1) is 13.8 Å². The molecule has 1 rings (SSSR count). The Labute approximate surface area is 72.6 Å². The average Bonchev–Trinajstić information content (AvgIpc) is 2.31. The molecule has 1 aromatic rings. The van der Waals surface area contributed by atoms with Gasteiger partial charge in [0.25, 0.3) is 0 Å². The first-order valence-corrected chi connectivity index (χ1v) is 4.04. The summed E-state index contributed by atoms with van der Waals surface area (Å²) in [6.45, 7) is 5.74. The smallest absolute Gasteiger partial charge is 0.0651 e. The molecule has 0 saturated carbocycles. The first-order valence-electron chi connectivity index (χ1n) is 4.04. The Balaban J connectivity index is 3.17. The van der Waals surface area contributed by atoms with Gasteiger partial charge < -0.3 is 15.8 Å². The summed E-state index contributed by atoms with van der Waals surface area (Å²) in [5.41, 5.74) is 8.44. The van der Waals surface area contributed by atoms with Crippen LogP contribution in [0.3, 0.4) is 0 Å². The third kappa shape index (κ3) is 1.38. The van der Waals surface area contributed by atoms with Gasteiger partial charge in [-0.3, -0.25) is 0 Å². The number of aromatic amines is 1. The second kappa shape index (κ2) is 2.92. The molecule has 0 aromatic carbocycles. The van der Waals surface area contributed by atoms with Crippen LogP contribution in [0.2, 0.25) is 0 Å². The van der Waals surface area contributed by atoms with Gasteiger partial charge in [0.15, 0.2) is 0 Å². The first-order chi connectivity index (χ1) is 5.49. The van der Waals surface area contributed by atoms with Gasteiger partial charge in [0.05, 0.1) is 12.1 Å². The summed E-state index contributed by atoms with van der Waals surface area (Å²) in [6.07, 6.45) is 1.91. The quantitative estimate of drug-likeness (QED) is 0.611. The number of nitrogens with two attached hydrogens (primary N) is 1. The van der Waals surface area contributed by atoms with Crippen molar-refractivity contribution in [1.29, 1.82) is 0 Å². The van der Waals surface area contributed by atoms with Gasteiger partial charge in [-0.15, -0.1) is 0 Å². The van der Waals surface area contributed by atoms with E-state index in [0.717, 1.165) is 16.8 Å². The zero-order valence-electron chi connectivity index (χ0n) is 7.81. The standard InChI is InChI=1S/C9H16N2O/c1-6-4-11-7(2)8(6)9(3,10)5-12/h4,11-12H,5,10H2,1-3H3. The summed E-state index contributed by atoms with van der Waals surface area (Å²) in [5, 5.41) is 9.08. The summed E-state index contributed by atoms with van der Waals surface area (Å²) < 4.78 is 0. The van der Waals surface area contributed by atoms with Gasteiger partial charge in [-0.1, -0.05) is 0 Å². The Kier molecular flexibility index (Phi) is 2.26. The van der Waals surface area contributed by atoms with Crippen LogP contribution in [-0.2, 0) is 5.54 Å². The molecule has 0 fully saturated rings. The molecule has 0 spiro atoms. The van der Waals surface area contributed by atoms with Crippen LogP contribution < -0.4 is 5.73 Å². The molecule has 3 heteroatoms. The molecule has 0 amide bonds. The van der Waals surface area contributed by atoms with E-state index in [1.807, 2.05) is 27.0 Å². The summed E-state index contributed by atoms with van der Waals surface area (Å²) in [5.74, 6) is 0. The molecule has 0 aliphatic heterocycles. The number of nitrogens with one attached hydrogen (secondary N) is 1. The fourth-order valence-electron chi connectivity index (χ4n) is 1.61. The van der Waals surface area contributed by atoms with Gasteiger partial charge in [0, 0.05) is 11.9 Å². The van der Waals surface area contributed by atoms with Crippen molar-refractivity contribution in [3.05, 3.63) is 23.0 Å². The van der Waals surface area contributed by atoms with Crippen molar-refractivity contribution in [3.63, 3.8) is 0 Å². The molecule has 1 atom stereocenters. The number of aromatic nitrogens is 1. The highest BCUT2D eigenvalue weighted by Crippen LogP contribution is 2.23. The fourth-order valence-corrected chi connectivity index (χ4v) is 1.61. The minimum atomic E-state index is -0.631. The molecule has 0 aliphatic carbocycles. The van der Waals surface area contributed by atoms with Crippen LogP contribution >= 0.6 is 0 Å². The molecule has 12 heavy (non-hydrogen) atoms. The van der Waals surface area contributed by atoms with Crippen LogP contribution in [0.5, 0.6) is 0 Å². The van der Waals surface area contributed by atoms with E-state index in [2.05, 4.69) is 4.98 Å². The number of aliphatic hydroxyl groups excluding tert-OH is 1. The van der Waals surface area contributed by atoms with Crippen molar-refractivity contribution >= 4 is 0 Å². The fraction of sp³-hybridized carbons (Fsp3) is 0.556. The molecule has 3 nitrogen and oxygen atoms in total. The van der Waals surface area contributed by atoms with E-state index in [-0.39, 0.29) is 6.61 Å². The van der Waals surface area contributed by atoms with Crippen molar-refractivity contribution in [1.82, 2.24) is 4.98 Å². The van der Waals surface area contributed by atoms with Gasteiger partial charge in [-0.2, -0.15) is 0 Å². The van der Waals surface area contributed by atoms with Crippen molar-refractivity contribution < 1.29 is 5.11 Å². The lowest BCUT2D eigenvalue weighted by Crippen LogP contribution is -2.37. The van der Waals surface area contributed by atoms with Gasteiger partial charge in [-0.05, 0) is 31.9 Å². The van der Waals surface area contributed by atoms with Crippen molar-refractivity contribution in [2.75, 3.05) is 6.61 Å². The molecule has 68 valence electrons. The summed E-state index contributed by atoms with van der Waals surface area (Å²) in [6, 6.07) is 0. The highest BCUT2D eigenvalue weighted by Gasteiger charge is 2.24. The van der Waals surface area contributed by atoms with Gasteiger partial charge in [-0.25, -0.2) is 0 Å². The third-order valence-electron chi connectivity index (χ3n) is 2.17. The third-order valence-corrected chi connectivity index (χ3v) is 2.17. The zero-order chi connectivity index (χ0) is 9.35. The van der Waals surface area contributed by atoms with Gasteiger partial charge >= 0.3 is 0 Å². The lowest BCUT2D eigenvalue weighted by molar-refractivity contribution is 0.209. The normalized spacial score (nSPS) is 16.1. The number of aryl methyl sites for hydroxylation is 2. The summed E-state index contributed by atoms with van der Waals surface area (Å²) in [7, 11) is 0. The van der Waals surface area contributed by atoms with E-state index in [1.54, 1.807) is 0 Å². The highest BCUT2D eigenvalue weighted by molar-refractivity contribution is 5.35. The maximum Gasteiger partial charge on any atom is 0.0651 e. The van der Waals surface area contributed by atoms with Crippen LogP contribution in [0.15, 0.2) is 6.20 Å². The maximum atomic E-state index is 9.08. The topological polar surface area (TPSA) is 62.0 Å². The van der Waals surface area contributed by atoms with E-state index in [9.17, 15) is 0 Å². The predicted octanol–water partition coefficient (Wildman–Crippen LogP) is 0.798. The SMILES string of the molecule is Cc1c[nH]c(C)c1C(C)(N)CO. The molecule has 0 aliphatic rings. The Morgan fingerprint density at radius 3 is 2.50 bits per heavy atom. The molecule has 1 aromatic heterocycles. The van der Waals surface area contributed by atoms with E-state index in [1.165, 1.54) is 0 Å². The van der Waals surface area contributed by atoms with Gasteiger partial charge in [0.2, 0.25) is 0 Å². The van der Waals surface area contributed by atoms with Gasteiger partial charge in [0.1, 0.15) is 0 Å². The monoisotopic (exact) mass is 168 g/mol. The molecule has 0 bridgehead atoms. The Bertz CT molecular complexity index is 257. The van der Waals surface area contributed by atoms with Crippen molar-refractivity contribution in [2.24, 2.45) is 5.73 Å². The molecular weight excluding hydrogens is 152 g/mol. The Morgan fingerprint density at radius 2 is 2.17 bits per heavy atom. The van der Waals surface area contributed by atoms with Crippen LogP contribution in [0.4, 0.5) is 0 Å². The minimum Gasteiger partial charge on any atom is -0.394 e. The number of rotatable bonds is 2. The predicted molar refractivity (Wildman–Crippen MR) is 48.9 cm³/mol. The molecule has 0 radical (unpaired) electrons. The number of H-pyrrole nitrogens is 1. The number of hydrogen-bond acceptors (Lipinski definition) is 2.